The number of allylic oxidation sites excluding steroid dienone is 13. The van der Waals surface area contributed by atoms with Gasteiger partial charge in [0.1, 0.15) is 0 Å². The Kier molecular flexibility index (Phi) is 12.9. The summed E-state index contributed by atoms with van der Waals surface area (Å²) >= 11 is 0. The van der Waals surface area contributed by atoms with Crippen LogP contribution >= 0.6 is 0 Å². The van der Waals surface area contributed by atoms with Crippen LogP contribution in [-0.2, 0) is 18.3 Å². The van der Waals surface area contributed by atoms with Crippen molar-refractivity contribution in [2.45, 2.75) is 18.3 Å². The molecule has 0 amide bonds. The van der Waals surface area contributed by atoms with Gasteiger partial charge in [-0.25, -0.2) is 0 Å². The second-order valence-corrected chi connectivity index (χ2v) is 14.6. The van der Waals surface area contributed by atoms with Gasteiger partial charge in [-0.1, -0.05) is 220 Å². The lowest BCUT2D eigenvalue weighted by molar-refractivity contribution is 0.737. The zero-order valence-corrected chi connectivity index (χ0v) is 33.4. The number of benzene rings is 6. The van der Waals surface area contributed by atoms with Crippen molar-refractivity contribution in [2.24, 2.45) is 5.73 Å². The molecule has 1 atom stereocenters. The van der Waals surface area contributed by atoms with Gasteiger partial charge in [-0.05, 0) is 110 Å². The summed E-state index contributed by atoms with van der Waals surface area (Å²) in [6.07, 6.45) is 28.2. The van der Waals surface area contributed by atoms with E-state index in [9.17, 15) is 0 Å². The Morgan fingerprint density at radius 2 is 1.32 bits per heavy atom. The molecule has 0 spiro atoms. The van der Waals surface area contributed by atoms with Crippen LogP contribution in [0.2, 0.25) is 0 Å². The number of rotatable bonds is 12. The molecule has 6 aromatic carbocycles. The van der Waals surface area contributed by atoms with Crippen LogP contribution in [0.1, 0.15) is 55.6 Å². The second kappa shape index (κ2) is 19.1. The highest BCUT2D eigenvalue weighted by molar-refractivity contribution is 5.81. The van der Waals surface area contributed by atoms with E-state index in [2.05, 4.69) is 177 Å². The summed E-state index contributed by atoms with van der Waals surface area (Å²) < 4.78 is 0. The van der Waals surface area contributed by atoms with E-state index < -0.39 is 5.41 Å². The third-order valence-electron chi connectivity index (χ3n) is 10.9. The molecular weight excluding hydrogens is 713 g/mol. The van der Waals surface area contributed by atoms with Crippen molar-refractivity contribution in [3.8, 4) is 0 Å². The fourth-order valence-corrected chi connectivity index (χ4v) is 8.08. The maximum Gasteiger partial charge on any atom is 0.0724 e. The molecule has 0 saturated carbocycles. The Morgan fingerprint density at radius 1 is 0.610 bits per heavy atom. The molecule has 0 aromatic heterocycles. The molecule has 2 nitrogen and oxygen atoms in total. The van der Waals surface area contributed by atoms with Gasteiger partial charge in [0, 0.05) is 5.69 Å². The lowest BCUT2D eigenvalue weighted by Gasteiger charge is -2.40. The van der Waals surface area contributed by atoms with Gasteiger partial charge in [-0.2, -0.15) is 0 Å². The third-order valence-corrected chi connectivity index (χ3v) is 10.9. The van der Waals surface area contributed by atoms with E-state index in [1.165, 1.54) is 22.3 Å². The first-order chi connectivity index (χ1) is 29.0. The Hall–Kier alpha value is -7.42. The molecule has 288 valence electrons. The molecule has 0 radical (unpaired) electrons. The van der Waals surface area contributed by atoms with Crippen LogP contribution < -0.4 is 11.5 Å². The van der Waals surface area contributed by atoms with Crippen molar-refractivity contribution in [1.29, 1.82) is 0 Å². The molecule has 2 heteroatoms. The fourth-order valence-electron chi connectivity index (χ4n) is 8.08. The van der Waals surface area contributed by atoms with E-state index in [-0.39, 0.29) is 0 Å². The van der Waals surface area contributed by atoms with E-state index in [4.69, 9.17) is 18.0 Å². The van der Waals surface area contributed by atoms with Crippen LogP contribution in [0.15, 0.2) is 237 Å². The van der Waals surface area contributed by atoms with Crippen LogP contribution in [0.3, 0.4) is 0 Å². The first-order valence-electron chi connectivity index (χ1n) is 20.1. The van der Waals surface area contributed by atoms with Crippen LogP contribution in [0.25, 0.3) is 23.3 Å². The standard InChI is InChI=1S/C57H50N2/c1-3-4-5-10-25-49-26-15-16-30-53(49)57(54-31-17-18-32-56(54)59)43(2)33-35-46-24-13-14-27-50(46)41-52-38-37-51(42-55(52)57)47(36-34-44-20-8-6-9-21-44)28-19-29-48(39-40-58)45-22-11-7-12-23-45/h3-33,35-40,42H,1-2,34,41,58-59H2/b5-4-,25-10-,28-19+,35-33-,40-39-,47-36+,48-29+. The molecule has 59 heavy (non-hydrogen) atoms. The first-order valence-corrected chi connectivity index (χ1v) is 20.1. The predicted octanol–water partition coefficient (Wildman–Crippen LogP) is 13.3. The zero-order chi connectivity index (χ0) is 40.9. The maximum absolute atomic E-state index is 7.12. The molecular formula is C57H50N2. The summed E-state index contributed by atoms with van der Waals surface area (Å²) in [7, 11) is 0. The van der Waals surface area contributed by atoms with Crippen LogP contribution in [0, 0.1) is 0 Å². The summed E-state index contributed by atoms with van der Waals surface area (Å²) in [5.41, 5.74) is 27.2. The minimum atomic E-state index is -0.876. The average molecular weight is 763 g/mol. The molecule has 1 aliphatic rings. The van der Waals surface area contributed by atoms with Crippen molar-refractivity contribution in [3.05, 3.63) is 293 Å². The van der Waals surface area contributed by atoms with Gasteiger partial charge in [0.05, 0.1) is 5.41 Å². The van der Waals surface area contributed by atoms with E-state index in [1.54, 1.807) is 12.3 Å². The normalized spacial score (nSPS) is 16.5. The number of hydrogen-bond acceptors (Lipinski definition) is 2. The predicted molar refractivity (Wildman–Crippen MR) is 254 cm³/mol. The Labute approximate surface area is 350 Å². The lowest BCUT2D eigenvalue weighted by atomic mass is 9.61. The highest BCUT2D eigenvalue weighted by atomic mass is 14.6. The van der Waals surface area contributed by atoms with Gasteiger partial charge in [0.25, 0.3) is 0 Å². The number of hydrogen-bond donors (Lipinski definition) is 2. The lowest BCUT2D eigenvalue weighted by Crippen LogP contribution is -2.34. The number of nitrogens with two attached hydrogens (primary N) is 2. The largest absolute Gasteiger partial charge is 0.405 e. The molecule has 6 aromatic rings. The maximum atomic E-state index is 7.12. The third kappa shape index (κ3) is 8.94. The monoisotopic (exact) mass is 762 g/mol. The Bertz CT molecular complexity index is 2650. The van der Waals surface area contributed by atoms with Gasteiger partial charge in [0.2, 0.25) is 0 Å². The minimum absolute atomic E-state index is 0.701. The number of para-hydroxylation sites is 1. The van der Waals surface area contributed by atoms with Crippen molar-refractivity contribution in [2.75, 3.05) is 5.73 Å². The number of anilines is 1. The van der Waals surface area contributed by atoms with Crippen molar-refractivity contribution >= 4 is 29.0 Å². The summed E-state index contributed by atoms with van der Waals surface area (Å²) in [6, 6.07) is 53.4. The SMILES string of the molecule is C=C/C=C\C=C/c1ccccc1C1(c2ccccc2N)C(=C)/C=C\c2ccccc2Cc2ccc(C(/C=C/C=C(\C=C/N)c3ccccc3)=C/Cc3ccccc3)cc21. The summed E-state index contributed by atoms with van der Waals surface area (Å²) in [6.45, 7) is 8.81. The van der Waals surface area contributed by atoms with Crippen LogP contribution in [-0.4, -0.2) is 0 Å². The summed E-state index contributed by atoms with van der Waals surface area (Å²) in [5.74, 6) is 0. The van der Waals surface area contributed by atoms with E-state index in [0.29, 0.717) is 5.69 Å². The highest BCUT2D eigenvalue weighted by Crippen LogP contribution is 2.51. The van der Waals surface area contributed by atoms with Crippen LogP contribution in [0.4, 0.5) is 5.69 Å². The van der Waals surface area contributed by atoms with Gasteiger partial charge in [0.15, 0.2) is 0 Å². The molecule has 0 aliphatic heterocycles. The fraction of sp³-hybridized carbons (Fsp3) is 0.0526. The molecule has 0 fully saturated rings. The molecule has 0 bridgehead atoms. The molecule has 4 N–H and O–H groups in total. The van der Waals surface area contributed by atoms with Gasteiger partial charge < -0.3 is 11.5 Å². The second-order valence-electron chi connectivity index (χ2n) is 14.6. The van der Waals surface area contributed by atoms with Gasteiger partial charge in [-0.15, -0.1) is 0 Å². The average Bonchev–Trinajstić information content (AvgIpc) is 3.32. The summed E-state index contributed by atoms with van der Waals surface area (Å²) in [4.78, 5) is 0. The number of nitrogen functional groups attached to an aromatic ring is 1. The molecule has 1 unspecified atom stereocenters. The molecule has 7 rings (SSSR count). The highest BCUT2D eigenvalue weighted by Gasteiger charge is 2.43. The van der Waals surface area contributed by atoms with Crippen molar-refractivity contribution in [1.82, 2.24) is 0 Å². The first kappa shape index (κ1) is 39.8. The van der Waals surface area contributed by atoms with Crippen molar-refractivity contribution in [3.63, 3.8) is 0 Å². The van der Waals surface area contributed by atoms with Crippen LogP contribution in [0.5, 0.6) is 0 Å². The molecule has 0 saturated heterocycles. The Balaban J connectivity index is 1.52. The van der Waals surface area contributed by atoms with E-state index >= 15 is 0 Å². The van der Waals surface area contributed by atoms with Gasteiger partial charge in [-0.3, -0.25) is 0 Å². The van der Waals surface area contributed by atoms with Crippen molar-refractivity contribution < 1.29 is 0 Å². The van der Waals surface area contributed by atoms with E-state index in [1.807, 2.05) is 48.6 Å². The molecule has 1 aliphatic carbocycles. The quantitative estimate of drug-likeness (QED) is 0.0963. The zero-order valence-electron chi connectivity index (χ0n) is 33.4. The smallest absolute Gasteiger partial charge is 0.0724 e. The Morgan fingerprint density at radius 3 is 2.10 bits per heavy atom. The summed E-state index contributed by atoms with van der Waals surface area (Å²) in [5, 5.41) is 0. The topological polar surface area (TPSA) is 52.0 Å². The minimum Gasteiger partial charge on any atom is -0.405 e. The molecule has 0 heterocycles. The van der Waals surface area contributed by atoms with E-state index in [0.717, 1.165) is 62.9 Å². The van der Waals surface area contributed by atoms with Gasteiger partial charge >= 0.3 is 0 Å². The number of fused-ring (bicyclic) bond motifs is 2.